The van der Waals surface area contributed by atoms with Gasteiger partial charge in [-0.05, 0) is 61.1 Å². The lowest BCUT2D eigenvalue weighted by Crippen LogP contribution is -2.51. The predicted octanol–water partition coefficient (Wildman–Crippen LogP) is 5.95. The molecule has 0 unspecified atom stereocenters. The molecule has 2 aliphatic rings. The van der Waals surface area contributed by atoms with E-state index in [2.05, 4.69) is 5.32 Å². The predicted molar refractivity (Wildman–Crippen MR) is 142 cm³/mol. The molecule has 2 amide bonds. The number of fused-ring (bicyclic) bond motifs is 1. The second kappa shape index (κ2) is 12.7. The molecule has 1 aliphatic heterocycles. The molecule has 8 heteroatoms. The number of carbonyl (C=O) groups is 2. The summed E-state index contributed by atoms with van der Waals surface area (Å²) in [6.07, 6.45) is 6.74. The fraction of sp³-hybridized carbons (Fsp3) is 0.500. The molecule has 36 heavy (non-hydrogen) atoms. The summed E-state index contributed by atoms with van der Waals surface area (Å²) < 4.78 is 11.3. The summed E-state index contributed by atoms with van der Waals surface area (Å²) in [6, 6.07) is 10.6. The first-order valence-corrected chi connectivity index (χ1v) is 13.6. The largest absolute Gasteiger partial charge is 0.486 e. The third kappa shape index (κ3) is 6.86. The van der Waals surface area contributed by atoms with Crippen LogP contribution in [0.5, 0.6) is 11.5 Å². The van der Waals surface area contributed by atoms with E-state index in [1.165, 1.54) is 6.42 Å². The Morgan fingerprint density at radius 2 is 1.78 bits per heavy atom. The number of nitrogens with one attached hydrogen (secondary N) is 1. The standard InChI is InChI=1S/C28H34Cl2N2O4/c1-2-24(28(34)31-22-6-4-3-5-7-22)32(18-20-10-11-21(29)17-23(20)30)27(33)13-9-19-8-12-25-26(16-19)36-15-14-35-25/h8,10-12,16-17,22,24H,2-7,9,13-15,18H2,1H3,(H,31,34)/t24-/m1/s1. The summed E-state index contributed by atoms with van der Waals surface area (Å²) in [6.45, 7) is 3.23. The number of amides is 2. The van der Waals surface area contributed by atoms with Gasteiger partial charge in [-0.25, -0.2) is 0 Å². The monoisotopic (exact) mass is 532 g/mol. The minimum atomic E-state index is -0.577. The molecule has 1 aliphatic carbocycles. The molecule has 0 spiro atoms. The molecule has 2 aromatic carbocycles. The summed E-state index contributed by atoms with van der Waals surface area (Å²) in [5, 5.41) is 4.22. The minimum absolute atomic E-state index is 0.0952. The molecular weight excluding hydrogens is 499 g/mol. The molecule has 6 nitrogen and oxygen atoms in total. The van der Waals surface area contributed by atoms with Crippen LogP contribution in [0.25, 0.3) is 0 Å². The van der Waals surface area contributed by atoms with Crippen LogP contribution in [0, 0.1) is 0 Å². The van der Waals surface area contributed by atoms with Gasteiger partial charge in [-0.2, -0.15) is 0 Å². The van der Waals surface area contributed by atoms with E-state index in [1.807, 2.05) is 31.2 Å². The fourth-order valence-electron chi connectivity index (χ4n) is 4.94. The Morgan fingerprint density at radius 1 is 1.03 bits per heavy atom. The van der Waals surface area contributed by atoms with Crippen molar-refractivity contribution in [2.75, 3.05) is 13.2 Å². The van der Waals surface area contributed by atoms with Gasteiger partial charge in [0.05, 0.1) is 0 Å². The highest BCUT2D eigenvalue weighted by atomic mass is 35.5. The van der Waals surface area contributed by atoms with Crippen LogP contribution in [0.15, 0.2) is 36.4 Å². The van der Waals surface area contributed by atoms with E-state index in [4.69, 9.17) is 32.7 Å². The zero-order chi connectivity index (χ0) is 25.5. The first-order valence-electron chi connectivity index (χ1n) is 12.9. The average Bonchev–Trinajstić information content (AvgIpc) is 2.89. The van der Waals surface area contributed by atoms with Gasteiger partial charge in [-0.1, -0.05) is 61.5 Å². The molecule has 0 aromatic heterocycles. The van der Waals surface area contributed by atoms with E-state index in [9.17, 15) is 9.59 Å². The van der Waals surface area contributed by atoms with Crippen LogP contribution in [-0.2, 0) is 22.6 Å². The van der Waals surface area contributed by atoms with Gasteiger partial charge in [0, 0.05) is 29.1 Å². The molecule has 2 aromatic rings. The number of nitrogens with zero attached hydrogens (tertiary/aromatic N) is 1. The molecule has 1 atom stereocenters. The molecule has 4 rings (SSSR count). The normalized spacial score (nSPS) is 16.3. The van der Waals surface area contributed by atoms with Gasteiger partial charge >= 0.3 is 0 Å². The Balaban J connectivity index is 1.50. The Bertz CT molecular complexity index is 1070. The van der Waals surface area contributed by atoms with Crippen molar-refractivity contribution in [1.29, 1.82) is 0 Å². The van der Waals surface area contributed by atoms with Gasteiger partial charge < -0.3 is 19.7 Å². The van der Waals surface area contributed by atoms with Gasteiger partial charge in [-0.3, -0.25) is 9.59 Å². The van der Waals surface area contributed by atoms with Crippen LogP contribution in [0.2, 0.25) is 10.0 Å². The minimum Gasteiger partial charge on any atom is -0.486 e. The molecule has 1 saturated carbocycles. The second-order valence-electron chi connectivity index (χ2n) is 9.50. The van der Waals surface area contributed by atoms with E-state index < -0.39 is 6.04 Å². The number of carbonyl (C=O) groups excluding carboxylic acids is 2. The number of aryl methyl sites for hydroxylation is 1. The molecule has 194 valence electrons. The third-order valence-electron chi connectivity index (χ3n) is 6.93. The van der Waals surface area contributed by atoms with Crippen molar-refractivity contribution in [3.05, 3.63) is 57.6 Å². The lowest BCUT2D eigenvalue weighted by molar-refractivity contribution is -0.141. The van der Waals surface area contributed by atoms with Crippen LogP contribution >= 0.6 is 23.2 Å². The van der Waals surface area contributed by atoms with Crippen molar-refractivity contribution in [3.8, 4) is 11.5 Å². The highest BCUT2D eigenvalue weighted by Gasteiger charge is 2.30. The molecule has 0 bridgehead atoms. The maximum absolute atomic E-state index is 13.6. The number of ether oxygens (including phenoxy) is 2. The van der Waals surface area contributed by atoms with Crippen LogP contribution in [0.1, 0.15) is 63.0 Å². The van der Waals surface area contributed by atoms with Crippen molar-refractivity contribution in [1.82, 2.24) is 10.2 Å². The highest BCUT2D eigenvalue weighted by Crippen LogP contribution is 2.31. The van der Waals surface area contributed by atoms with E-state index in [1.54, 1.807) is 17.0 Å². The Hall–Kier alpha value is -2.44. The Morgan fingerprint density at radius 3 is 2.50 bits per heavy atom. The molecular formula is C28H34Cl2N2O4. The molecule has 1 fully saturated rings. The zero-order valence-corrected chi connectivity index (χ0v) is 22.2. The van der Waals surface area contributed by atoms with E-state index in [0.717, 1.165) is 42.6 Å². The number of rotatable bonds is 9. The van der Waals surface area contributed by atoms with E-state index in [0.29, 0.717) is 41.9 Å². The quantitative estimate of drug-likeness (QED) is 0.433. The fourth-order valence-corrected chi connectivity index (χ4v) is 5.40. The molecule has 0 radical (unpaired) electrons. The SMILES string of the molecule is CC[C@H](C(=O)NC1CCCCC1)N(Cc1ccc(Cl)cc1Cl)C(=O)CCc1ccc2c(c1)OCCO2. The molecule has 0 saturated heterocycles. The van der Waals surface area contributed by atoms with Crippen molar-refractivity contribution in [2.24, 2.45) is 0 Å². The summed E-state index contributed by atoms with van der Waals surface area (Å²) in [4.78, 5) is 28.6. The van der Waals surface area contributed by atoms with Crippen molar-refractivity contribution >= 4 is 35.0 Å². The molecule has 1 heterocycles. The van der Waals surface area contributed by atoms with Crippen molar-refractivity contribution in [2.45, 2.75) is 76.9 Å². The number of benzene rings is 2. The maximum atomic E-state index is 13.6. The third-order valence-corrected chi connectivity index (χ3v) is 7.51. The van der Waals surface area contributed by atoms with E-state index >= 15 is 0 Å². The second-order valence-corrected chi connectivity index (χ2v) is 10.3. The number of hydrogen-bond acceptors (Lipinski definition) is 4. The van der Waals surface area contributed by atoms with Crippen molar-refractivity contribution in [3.63, 3.8) is 0 Å². The van der Waals surface area contributed by atoms with Gasteiger partial charge in [0.15, 0.2) is 11.5 Å². The Kier molecular flexibility index (Phi) is 9.38. The average molecular weight is 533 g/mol. The maximum Gasteiger partial charge on any atom is 0.243 e. The van der Waals surface area contributed by atoms with Crippen LogP contribution in [-0.4, -0.2) is 42.0 Å². The topological polar surface area (TPSA) is 67.9 Å². The first kappa shape index (κ1) is 26.6. The summed E-state index contributed by atoms with van der Waals surface area (Å²) in [5.74, 6) is 1.23. The highest BCUT2D eigenvalue weighted by molar-refractivity contribution is 6.35. The van der Waals surface area contributed by atoms with E-state index in [-0.39, 0.29) is 30.8 Å². The first-order chi connectivity index (χ1) is 17.4. The summed E-state index contributed by atoms with van der Waals surface area (Å²) in [5.41, 5.74) is 1.74. The number of hydrogen-bond donors (Lipinski definition) is 1. The van der Waals surface area contributed by atoms with Crippen LogP contribution in [0.4, 0.5) is 0 Å². The number of halogens is 2. The van der Waals surface area contributed by atoms with Crippen LogP contribution in [0.3, 0.4) is 0 Å². The Labute approximate surface area is 223 Å². The lowest BCUT2D eigenvalue weighted by Gasteiger charge is -2.33. The van der Waals surface area contributed by atoms with Gasteiger partial charge in [-0.15, -0.1) is 0 Å². The zero-order valence-electron chi connectivity index (χ0n) is 20.7. The van der Waals surface area contributed by atoms with Gasteiger partial charge in [0.2, 0.25) is 11.8 Å². The molecule has 1 N–H and O–H groups in total. The van der Waals surface area contributed by atoms with Crippen molar-refractivity contribution < 1.29 is 19.1 Å². The van der Waals surface area contributed by atoms with Gasteiger partial charge in [0.1, 0.15) is 19.3 Å². The smallest absolute Gasteiger partial charge is 0.243 e. The van der Waals surface area contributed by atoms with Crippen LogP contribution < -0.4 is 14.8 Å². The summed E-state index contributed by atoms with van der Waals surface area (Å²) >= 11 is 12.5. The lowest BCUT2D eigenvalue weighted by atomic mass is 9.95. The van der Waals surface area contributed by atoms with Gasteiger partial charge in [0.25, 0.3) is 0 Å². The summed E-state index contributed by atoms with van der Waals surface area (Å²) in [7, 11) is 0.